The molecular formula is C17H21NS. The average molecular weight is 271 g/mol. The van der Waals surface area contributed by atoms with Gasteiger partial charge in [0.25, 0.3) is 0 Å². The molecule has 100 valence electrons. The van der Waals surface area contributed by atoms with Crippen LogP contribution in [0.1, 0.15) is 31.1 Å². The third kappa shape index (κ3) is 3.07. The van der Waals surface area contributed by atoms with Crippen molar-refractivity contribution >= 4 is 11.3 Å². The van der Waals surface area contributed by atoms with E-state index in [2.05, 4.69) is 54.7 Å². The molecule has 2 heteroatoms. The molecule has 1 N–H and O–H groups in total. The number of nitrogens with one attached hydrogen (secondary N) is 1. The summed E-state index contributed by atoms with van der Waals surface area (Å²) in [7, 11) is 0. The molecular weight excluding hydrogens is 250 g/mol. The third-order valence-corrected chi connectivity index (χ3v) is 5.25. The molecule has 1 aromatic carbocycles. The minimum Gasteiger partial charge on any atom is -0.309 e. The Balaban J connectivity index is 1.62. The molecule has 0 saturated heterocycles. The summed E-state index contributed by atoms with van der Waals surface area (Å²) in [5.74, 6) is 0.841. The standard InChI is InChI=1S/C17H21NS/c1-13-6-5-9-16(13)18-12-15-10-11-17(19-15)14-7-3-2-4-8-14/h2-4,7-8,10-11,13,16,18H,5-6,9,12H2,1H3. The Morgan fingerprint density at radius 1 is 1.11 bits per heavy atom. The molecule has 2 atom stereocenters. The minimum atomic E-state index is 0.724. The van der Waals surface area contributed by atoms with Gasteiger partial charge < -0.3 is 5.32 Å². The van der Waals surface area contributed by atoms with E-state index in [1.807, 2.05) is 11.3 Å². The fraction of sp³-hybridized carbons (Fsp3) is 0.412. The SMILES string of the molecule is CC1CCCC1NCc1ccc(-c2ccccc2)s1. The smallest absolute Gasteiger partial charge is 0.0346 e. The average Bonchev–Trinajstić information content (AvgIpc) is 3.06. The van der Waals surface area contributed by atoms with E-state index in [9.17, 15) is 0 Å². The van der Waals surface area contributed by atoms with Crippen molar-refractivity contribution in [1.82, 2.24) is 5.32 Å². The van der Waals surface area contributed by atoms with Crippen LogP contribution in [0.5, 0.6) is 0 Å². The van der Waals surface area contributed by atoms with Gasteiger partial charge in [0.05, 0.1) is 0 Å². The molecule has 1 aromatic heterocycles. The fourth-order valence-electron chi connectivity index (χ4n) is 2.91. The van der Waals surface area contributed by atoms with Gasteiger partial charge in [-0.25, -0.2) is 0 Å². The third-order valence-electron chi connectivity index (χ3n) is 4.12. The van der Waals surface area contributed by atoms with E-state index >= 15 is 0 Å². The normalized spacial score (nSPS) is 22.8. The van der Waals surface area contributed by atoms with Crippen molar-refractivity contribution in [3.05, 3.63) is 47.3 Å². The lowest BCUT2D eigenvalue weighted by molar-refractivity contribution is 0.427. The van der Waals surface area contributed by atoms with Crippen LogP contribution in [-0.4, -0.2) is 6.04 Å². The van der Waals surface area contributed by atoms with Gasteiger partial charge in [-0.05, 0) is 36.5 Å². The van der Waals surface area contributed by atoms with Crippen LogP contribution >= 0.6 is 11.3 Å². The van der Waals surface area contributed by atoms with Crippen LogP contribution in [0.3, 0.4) is 0 Å². The van der Waals surface area contributed by atoms with E-state index in [1.54, 1.807) is 0 Å². The summed E-state index contributed by atoms with van der Waals surface area (Å²) in [6.07, 6.45) is 4.12. The first-order valence-corrected chi connectivity index (χ1v) is 8.02. The zero-order valence-corrected chi connectivity index (χ0v) is 12.2. The van der Waals surface area contributed by atoms with Crippen molar-refractivity contribution in [2.45, 2.75) is 38.8 Å². The topological polar surface area (TPSA) is 12.0 Å². The zero-order valence-electron chi connectivity index (χ0n) is 11.4. The van der Waals surface area contributed by atoms with Gasteiger partial charge in [-0.15, -0.1) is 11.3 Å². The molecule has 1 saturated carbocycles. The predicted molar refractivity (Wildman–Crippen MR) is 83.4 cm³/mol. The Labute approximate surface area is 119 Å². The van der Waals surface area contributed by atoms with E-state index < -0.39 is 0 Å². The highest BCUT2D eigenvalue weighted by atomic mass is 32.1. The Hall–Kier alpha value is -1.12. The summed E-state index contributed by atoms with van der Waals surface area (Å²) in [6.45, 7) is 3.39. The van der Waals surface area contributed by atoms with Crippen LogP contribution in [0.15, 0.2) is 42.5 Å². The Morgan fingerprint density at radius 2 is 1.95 bits per heavy atom. The van der Waals surface area contributed by atoms with Gasteiger partial charge in [-0.2, -0.15) is 0 Å². The highest BCUT2D eigenvalue weighted by Crippen LogP contribution is 2.29. The molecule has 19 heavy (non-hydrogen) atoms. The second-order valence-electron chi connectivity index (χ2n) is 5.53. The number of rotatable bonds is 4. The van der Waals surface area contributed by atoms with Gasteiger partial charge in [-0.1, -0.05) is 43.7 Å². The number of thiophene rings is 1. The first-order chi connectivity index (χ1) is 9.33. The van der Waals surface area contributed by atoms with Crippen molar-refractivity contribution in [1.29, 1.82) is 0 Å². The number of benzene rings is 1. The van der Waals surface area contributed by atoms with Crippen LogP contribution in [0.25, 0.3) is 10.4 Å². The Morgan fingerprint density at radius 3 is 2.68 bits per heavy atom. The van der Waals surface area contributed by atoms with E-state index in [-0.39, 0.29) is 0 Å². The summed E-state index contributed by atoms with van der Waals surface area (Å²) in [5.41, 5.74) is 1.33. The van der Waals surface area contributed by atoms with E-state index in [0.717, 1.165) is 18.5 Å². The first-order valence-electron chi connectivity index (χ1n) is 7.20. The summed E-state index contributed by atoms with van der Waals surface area (Å²) in [6, 6.07) is 15.9. The molecule has 0 aliphatic heterocycles. The summed E-state index contributed by atoms with van der Waals surface area (Å²) in [5, 5.41) is 3.72. The number of hydrogen-bond donors (Lipinski definition) is 1. The summed E-state index contributed by atoms with van der Waals surface area (Å²) < 4.78 is 0. The maximum absolute atomic E-state index is 3.72. The summed E-state index contributed by atoms with van der Waals surface area (Å²) in [4.78, 5) is 2.81. The largest absolute Gasteiger partial charge is 0.309 e. The second kappa shape index (κ2) is 5.89. The van der Waals surface area contributed by atoms with Gasteiger partial charge in [-0.3, -0.25) is 0 Å². The summed E-state index contributed by atoms with van der Waals surface area (Å²) >= 11 is 1.91. The monoisotopic (exact) mass is 271 g/mol. The van der Waals surface area contributed by atoms with Crippen molar-refractivity contribution in [2.75, 3.05) is 0 Å². The van der Waals surface area contributed by atoms with Crippen molar-refractivity contribution in [3.8, 4) is 10.4 Å². The molecule has 3 rings (SSSR count). The minimum absolute atomic E-state index is 0.724. The van der Waals surface area contributed by atoms with E-state index in [0.29, 0.717) is 0 Å². The van der Waals surface area contributed by atoms with Crippen LogP contribution < -0.4 is 5.32 Å². The molecule has 2 aromatic rings. The number of hydrogen-bond acceptors (Lipinski definition) is 2. The quantitative estimate of drug-likeness (QED) is 0.850. The predicted octanol–water partition coefficient (Wildman–Crippen LogP) is 4.69. The molecule has 0 amide bonds. The van der Waals surface area contributed by atoms with Crippen molar-refractivity contribution in [2.24, 2.45) is 5.92 Å². The van der Waals surface area contributed by atoms with Crippen LogP contribution in [0, 0.1) is 5.92 Å². The zero-order chi connectivity index (χ0) is 13.1. The van der Waals surface area contributed by atoms with E-state index in [1.165, 1.54) is 34.6 Å². The fourth-order valence-corrected chi connectivity index (χ4v) is 3.87. The van der Waals surface area contributed by atoms with Gasteiger partial charge in [0.1, 0.15) is 0 Å². The van der Waals surface area contributed by atoms with Crippen molar-refractivity contribution < 1.29 is 0 Å². The van der Waals surface area contributed by atoms with Gasteiger partial charge in [0, 0.05) is 22.3 Å². The molecule has 1 aliphatic rings. The van der Waals surface area contributed by atoms with Gasteiger partial charge in [0.15, 0.2) is 0 Å². The maximum Gasteiger partial charge on any atom is 0.0346 e. The van der Waals surface area contributed by atoms with Crippen molar-refractivity contribution in [3.63, 3.8) is 0 Å². The highest BCUT2D eigenvalue weighted by Gasteiger charge is 2.22. The molecule has 1 fully saturated rings. The highest BCUT2D eigenvalue weighted by molar-refractivity contribution is 7.15. The van der Waals surface area contributed by atoms with Crippen LogP contribution in [0.4, 0.5) is 0 Å². The lowest BCUT2D eigenvalue weighted by Crippen LogP contribution is -2.30. The van der Waals surface area contributed by atoms with Crippen LogP contribution in [-0.2, 0) is 6.54 Å². The van der Waals surface area contributed by atoms with Crippen LogP contribution in [0.2, 0.25) is 0 Å². The molecule has 1 nitrogen and oxygen atoms in total. The molecule has 2 unspecified atom stereocenters. The van der Waals surface area contributed by atoms with E-state index in [4.69, 9.17) is 0 Å². The lowest BCUT2D eigenvalue weighted by Gasteiger charge is -2.16. The Kier molecular flexibility index (Phi) is 4.00. The van der Waals surface area contributed by atoms with Gasteiger partial charge in [0.2, 0.25) is 0 Å². The first kappa shape index (κ1) is 12.9. The molecule has 1 heterocycles. The molecule has 1 aliphatic carbocycles. The van der Waals surface area contributed by atoms with Gasteiger partial charge >= 0.3 is 0 Å². The molecule has 0 spiro atoms. The Bertz CT molecular complexity index is 517. The maximum atomic E-state index is 3.72. The molecule has 0 radical (unpaired) electrons. The lowest BCUT2D eigenvalue weighted by atomic mass is 10.1. The second-order valence-corrected chi connectivity index (χ2v) is 6.70. The molecule has 0 bridgehead atoms.